The van der Waals surface area contributed by atoms with E-state index in [2.05, 4.69) is 31.3 Å². The van der Waals surface area contributed by atoms with E-state index in [1.165, 1.54) is 11.0 Å². The van der Waals surface area contributed by atoms with Crippen molar-refractivity contribution in [2.24, 2.45) is 5.92 Å². The van der Waals surface area contributed by atoms with Crippen molar-refractivity contribution in [3.8, 4) is 0 Å². The number of benzene rings is 2. The third kappa shape index (κ3) is 9.31. The molecule has 0 radical (unpaired) electrons. The molecule has 0 unspecified atom stereocenters. The molecule has 2 fully saturated rings. The number of aryl methyl sites for hydroxylation is 1. The van der Waals surface area contributed by atoms with Crippen LogP contribution in [0.1, 0.15) is 48.8 Å². The molecule has 0 spiro atoms. The number of amides is 2. The van der Waals surface area contributed by atoms with E-state index in [9.17, 15) is 22.4 Å². The quantitative estimate of drug-likeness (QED) is 0.320. The summed E-state index contributed by atoms with van der Waals surface area (Å²) in [4.78, 5) is 28.9. The molecule has 4 rings (SSSR count). The largest absolute Gasteiger partial charge is 0.371 e. The maximum absolute atomic E-state index is 14.4. The minimum Gasteiger partial charge on any atom is -0.371 e. The molecule has 2 aromatic carbocycles. The smallest absolute Gasteiger partial charge is 0.243 e. The van der Waals surface area contributed by atoms with Crippen LogP contribution in [0.3, 0.4) is 0 Å². The Labute approximate surface area is 256 Å². The Bertz CT molecular complexity index is 1350. The molecule has 230 valence electrons. The van der Waals surface area contributed by atoms with E-state index in [0.717, 1.165) is 43.3 Å². The summed E-state index contributed by atoms with van der Waals surface area (Å²) >= 11 is 3.25. The molecular formula is C30H40BrFN4O5S. The van der Waals surface area contributed by atoms with Crippen LogP contribution in [0.4, 0.5) is 4.39 Å². The zero-order valence-electron chi connectivity index (χ0n) is 24.1. The van der Waals surface area contributed by atoms with Crippen LogP contribution in [0.5, 0.6) is 0 Å². The molecule has 12 heteroatoms. The van der Waals surface area contributed by atoms with Gasteiger partial charge in [0.1, 0.15) is 17.9 Å². The van der Waals surface area contributed by atoms with Gasteiger partial charge in [-0.15, -0.1) is 0 Å². The number of carbonyl (C=O) groups excluding carboxylic acids is 2. The number of halogens is 2. The van der Waals surface area contributed by atoms with Crippen molar-refractivity contribution in [3.63, 3.8) is 0 Å². The lowest BCUT2D eigenvalue weighted by Crippen LogP contribution is -2.53. The summed E-state index contributed by atoms with van der Waals surface area (Å²) in [5.74, 6) is -0.819. The Hall–Kier alpha value is -2.38. The van der Waals surface area contributed by atoms with Crippen LogP contribution in [0.25, 0.3) is 0 Å². The first-order valence-electron chi connectivity index (χ1n) is 14.4. The average molecular weight is 668 g/mol. The third-order valence-corrected chi connectivity index (χ3v) is 9.24. The maximum Gasteiger partial charge on any atom is 0.243 e. The van der Waals surface area contributed by atoms with Crippen LogP contribution in [-0.2, 0) is 37.5 Å². The SMILES string of the molecule is Cc1ccccc1CNC(=O)[C@H]1C[C@@H](OCc2ccc(Br)cc2F)CN1C(=O)[C@@H](CCC1CCNCC1)NS(C)(=O)=O. The number of carbonyl (C=O) groups is 2. The summed E-state index contributed by atoms with van der Waals surface area (Å²) in [5, 5.41) is 6.27. The topological polar surface area (TPSA) is 117 Å². The Morgan fingerprint density at radius 1 is 1.17 bits per heavy atom. The van der Waals surface area contributed by atoms with E-state index >= 15 is 0 Å². The molecule has 2 aliphatic rings. The Kier molecular flexibility index (Phi) is 11.5. The van der Waals surface area contributed by atoms with Gasteiger partial charge in [-0.1, -0.05) is 46.3 Å². The van der Waals surface area contributed by atoms with Crippen LogP contribution in [0.2, 0.25) is 0 Å². The number of nitrogens with one attached hydrogen (secondary N) is 3. The highest BCUT2D eigenvalue weighted by Crippen LogP contribution is 2.26. The highest BCUT2D eigenvalue weighted by molar-refractivity contribution is 9.10. The van der Waals surface area contributed by atoms with Crippen molar-refractivity contribution in [2.75, 3.05) is 25.9 Å². The summed E-state index contributed by atoms with van der Waals surface area (Å²) in [6.45, 7) is 4.12. The van der Waals surface area contributed by atoms with Gasteiger partial charge in [0.15, 0.2) is 0 Å². The van der Waals surface area contributed by atoms with Gasteiger partial charge < -0.3 is 20.3 Å². The highest BCUT2D eigenvalue weighted by Gasteiger charge is 2.42. The van der Waals surface area contributed by atoms with Gasteiger partial charge in [0.25, 0.3) is 0 Å². The van der Waals surface area contributed by atoms with Gasteiger partial charge in [0.05, 0.1) is 19.0 Å². The summed E-state index contributed by atoms with van der Waals surface area (Å²) in [6, 6.07) is 10.6. The van der Waals surface area contributed by atoms with Gasteiger partial charge in [0.2, 0.25) is 21.8 Å². The predicted molar refractivity (Wildman–Crippen MR) is 162 cm³/mol. The van der Waals surface area contributed by atoms with Gasteiger partial charge in [-0.25, -0.2) is 17.5 Å². The summed E-state index contributed by atoms with van der Waals surface area (Å²) < 4.78 is 48.1. The minimum absolute atomic E-state index is 0.0237. The molecule has 2 heterocycles. The molecule has 2 amide bonds. The van der Waals surface area contributed by atoms with Crippen LogP contribution >= 0.6 is 15.9 Å². The van der Waals surface area contributed by atoms with Crippen molar-refractivity contribution in [3.05, 3.63) is 69.4 Å². The molecule has 2 aliphatic heterocycles. The zero-order valence-corrected chi connectivity index (χ0v) is 26.5. The molecule has 2 aromatic rings. The Morgan fingerprint density at radius 2 is 1.90 bits per heavy atom. The molecule has 0 aliphatic carbocycles. The summed E-state index contributed by atoms with van der Waals surface area (Å²) in [5.41, 5.74) is 2.35. The molecule has 42 heavy (non-hydrogen) atoms. The summed E-state index contributed by atoms with van der Waals surface area (Å²) in [7, 11) is -3.69. The molecule has 2 saturated heterocycles. The van der Waals surface area contributed by atoms with Crippen LogP contribution < -0.4 is 15.4 Å². The van der Waals surface area contributed by atoms with Crippen molar-refractivity contribution in [1.29, 1.82) is 0 Å². The fourth-order valence-corrected chi connectivity index (χ4v) is 6.70. The van der Waals surface area contributed by atoms with Crippen molar-refractivity contribution >= 4 is 37.8 Å². The van der Waals surface area contributed by atoms with Gasteiger partial charge in [-0.2, -0.15) is 0 Å². The molecule has 3 atom stereocenters. The number of sulfonamides is 1. The fraction of sp³-hybridized carbons (Fsp3) is 0.533. The molecule has 9 nitrogen and oxygen atoms in total. The number of ether oxygens (including phenoxy) is 1. The molecule has 0 aromatic heterocycles. The van der Waals surface area contributed by atoms with E-state index < -0.39 is 39.9 Å². The van der Waals surface area contributed by atoms with Crippen molar-refractivity contribution in [2.45, 2.75) is 70.4 Å². The first-order valence-corrected chi connectivity index (χ1v) is 17.0. The van der Waals surface area contributed by atoms with E-state index in [-0.39, 0.29) is 25.5 Å². The Morgan fingerprint density at radius 3 is 2.60 bits per heavy atom. The first kappa shape index (κ1) is 32.5. The van der Waals surface area contributed by atoms with E-state index in [1.807, 2.05) is 31.2 Å². The number of piperidine rings is 1. The third-order valence-electron chi connectivity index (χ3n) is 8.03. The Balaban J connectivity index is 1.50. The number of nitrogens with zero attached hydrogens (tertiary/aromatic N) is 1. The molecular weight excluding hydrogens is 627 g/mol. The normalized spacial score (nSPS) is 20.4. The molecule has 0 bridgehead atoms. The van der Waals surface area contributed by atoms with Gasteiger partial charge in [-0.3, -0.25) is 9.59 Å². The number of hydrogen-bond donors (Lipinski definition) is 3. The van der Waals surface area contributed by atoms with Gasteiger partial charge in [0, 0.05) is 29.5 Å². The van der Waals surface area contributed by atoms with Crippen molar-refractivity contribution < 1.29 is 27.1 Å². The highest BCUT2D eigenvalue weighted by atomic mass is 79.9. The standard InChI is InChI=1S/C30H40BrFN4O5S/c1-20-5-3-4-6-22(20)17-34-29(37)28-16-25(41-19-23-8-9-24(31)15-26(23)32)18-36(28)30(38)27(35-42(2,39)40)10-7-21-11-13-33-14-12-21/h3-6,8-9,15,21,25,27-28,33,35H,7,10-14,16-19H2,1-2H3,(H,34,37)/t25-,27-,28-/m1/s1. The fourth-order valence-electron chi connectivity index (χ4n) is 5.63. The van der Waals surface area contributed by atoms with Crippen LogP contribution in [0, 0.1) is 18.7 Å². The van der Waals surface area contributed by atoms with Crippen LogP contribution in [-0.4, -0.2) is 69.2 Å². The van der Waals surface area contributed by atoms with Crippen LogP contribution in [0.15, 0.2) is 46.9 Å². The van der Waals surface area contributed by atoms with Gasteiger partial charge in [-0.05, 0) is 74.9 Å². The monoisotopic (exact) mass is 666 g/mol. The predicted octanol–water partition coefficient (Wildman–Crippen LogP) is 3.40. The zero-order chi connectivity index (χ0) is 30.3. The minimum atomic E-state index is -3.69. The lowest BCUT2D eigenvalue weighted by molar-refractivity contribution is -0.140. The number of rotatable bonds is 12. The second-order valence-corrected chi connectivity index (χ2v) is 14.0. The van der Waals surface area contributed by atoms with E-state index in [0.29, 0.717) is 35.3 Å². The molecule has 3 N–H and O–H groups in total. The van der Waals surface area contributed by atoms with Crippen molar-refractivity contribution in [1.82, 2.24) is 20.3 Å². The average Bonchev–Trinajstić information content (AvgIpc) is 3.38. The number of hydrogen-bond acceptors (Lipinski definition) is 6. The summed E-state index contributed by atoms with van der Waals surface area (Å²) in [6.07, 6.45) is 3.68. The van der Waals surface area contributed by atoms with Gasteiger partial charge >= 0.3 is 0 Å². The lowest BCUT2D eigenvalue weighted by Gasteiger charge is -2.30. The maximum atomic E-state index is 14.4. The lowest BCUT2D eigenvalue weighted by atomic mass is 9.91. The second kappa shape index (κ2) is 14.9. The molecule has 0 saturated carbocycles. The second-order valence-electron chi connectivity index (χ2n) is 11.3. The van der Waals surface area contributed by atoms with E-state index in [1.54, 1.807) is 12.1 Å². The number of likely N-dealkylation sites (tertiary alicyclic amines) is 1. The van der Waals surface area contributed by atoms with E-state index in [4.69, 9.17) is 4.74 Å². The first-order chi connectivity index (χ1) is 20.0.